The summed E-state index contributed by atoms with van der Waals surface area (Å²) in [5.74, 6) is 0.865. The molecule has 0 radical (unpaired) electrons. The second-order valence-electron chi connectivity index (χ2n) is 5.03. The minimum Gasteiger partial charge on any atom is -0.0848 e. The summed E-state index contributed by atoms with van der Waals surface area (Å²) in [5, 5.41) is 0.862. The van der Waals surface area contributed by atoms with Gasteiger partial charge in [0.05, 0.1) is 0 Å². The van der Waals surface area contributed by atoms with Crippen molar-refractivity contribution in [3.63, 3.8) is 0 Å². The van der Waals surface area contributed by atoms with Crippen LogP contribution < -0.4 is 0 Å². The van der Waals surface area contributed by atoms with Gasteiger partial charge in [-0.15, -0.1) is 0 Å². The van der Waals surface area contributed by atoms with Gasteiger partial charge in [0.25, 0.3) is 0 Å². The third kappa shape index (κ3) is 1.72. The Kier molecular flexibility index (Phi) is 2.14. The SMILES string of the molecule is Clc1cccc(CC23C=CC(CC2)C3)c1. The van der Waals surface area contributed by atoms with Crippen molar-refractivity contribution in [3.05, 3.63) is 47.0 Å². The lowest BCUT2D eigenvalue weighted by atomic mass is 9.81. The molecule has 1 heteroatoms. The molecule has 2 aliphatic rings. The number of rotatable bonds is 2. The van der Waals surface area contributed by atoms with E-state index in [2.05, 4.69) is 30.4 Å². The normalized spacial score (nSPS) is 32.5. The van der Waals surface area contributed by atoms with Crippen LogP contribution in [0.15, 0.2) is 36.4 Å². The van der Waals surface area contributed by atoms with E-state index in [-0.39, 0.29) is 0 Å². The summed E-state index contributed by atoms with van der Waals surface area (Å²) in [6, 6.07) is 8.31. The maximum Gasteiger partial charge on any atom is 0.0408 e. The van der Waals surface area contributed by atoms with Crippen LogP contribution in [-0.4, -0.2) is 0 Å². The fourth-order valence-corrected chi connectivity index (χ4v) is 3.34. The zero-order chi connectivity index (χ0) is 10.3. The number of allylic oxidation sites excluding steroid dienone is 2. The molecule has 2 aliphatic carbocycles. The lowest BCUT2D eigenvalue weighted by molar-refractivity contribution is 0.401. The smallest absolute Gasteiger partial charge is 0.0408 e. The molecule has 1 aromatic rings. The van der Waals surface area contributed by atoms with E-state index < -0.39 is 0 Å². The summed E-state index contributed by atoms with van der Waals surface area (Å²) in [6.07, 6.45) is 10.1. The Morgan fingerprint density at radius 3 is 2.93 bits per heavy atom. The molecule has 0 aliphatic heterocycles. The van der Waals surface area contributed by atoms with E-state index >= 15 is 0 Å². The highest BCUT2D eigenvalue weighted by Gasteiger charge is 2.40. The molecular formula is C14H15Cl. The molecule has 0 nitrogen and oxygen atoms in total. The van der Waals surface area contributed by atoms with Crippen molar-refractivity contribution in [1.29, 1.82) is 0 Å². The Labute approximate surface area is 96.0 Å². The quantitative estimate of drug-likeness (QED) is 0.652. The van der Waals surface area contributed by atoms with Gasteiger partial charge in [-0.3, -0.25) is 0 Å². The average molecular weight is 219 g/mol. The molecule has 2 unspecified atom stereocenters. The molecule has 2 atom stereocenters. The average Bonchev–Trinajstić information content (AvgIpc) is 2.77. The molecule has 1 saturated carbocycles. The number of fused-ring (bicyclic) bond motifs is 2. The van der Waals surface area contributed by atoms with Crippen molar-refractivity contribution in [3.8, 4) is 0 Å². The molecule has 0 amide bonds. The van der Waals surface area contributed by atoms with E-state index in [1.165, 1.54) is 31.2 Å². The van der Waals surface area contributed by atoms with Gasteiger partial charge in [0.15, 0.2) is 0 Å². The van der Waals surface area contributed by atoms with Gasteiger partial charge in [0.2, 0.25) is 0 Å². The van der Waals surface area contributed by atoms with Crippen LogP contribution in [0.4, 0.5) is 0 Å². The van der Waals surface area contributed by atoms with Crippen LogP contribution in [0.5, 0.6) is 0 Å². The highest BCUT2D eigenvalue weighted by molar-refractivity contribution is 6.30. The molecule has 78 valence electrons. The molecular weight excluding hydrogens is 204 g/mol. The van der Waals surface area contributed by atoms with Gasteiger partial charge in [-0.2, -0.15) is 0 Å². The predicted octanol–water partition coefficient (Wildman–Crippen LogP) is 4.24. The van der Waals surface area contributed by atoms with Crippen molar-refractivity contribution in [2.75, 3.05) is 0 Å². The second kappa shape index (κ2) is 3.38. The zero-order valence-electron chi connectivity index (χ0n) is 8.75. The minimum atomic E-state index is 0.468. The molecule has 2 bridgehead atoms. The van der Waals surface area contributed by atoms with Crippen LogP contribution >= 0.6 is 11.6 Å². The topological polar surface area (TPSA) is 0 Å². The largest absolute Gasteiger partial charge is 0.0848 e. The van der Waals surface area contributed by atoms with Gasteiger partial charge >= 0.3 is 0 Å². The minimum absolute atomic E-state index is 0.468. The van der Waals surface area contributed by atoms with Crippen LogP contribution in [0.1, 0.15) is 24.8 Å². The predicted molar refractivity (Wildman–Crippen MR) is 64.1 cm³/mol. The highest BCUT2D eigenvalue weighted by Crippen LogP contribution is 2.50. The summed E-state index contributed by atoms with van der Waals surface area (Å²) in [5.41, 5.74) is 1.85. The molecule has 0 N–H and O–H groups in total. The third-order valence-corrected chi connectivity index (χ3v) is 4.08. The van der Waals surface area contributed by atoms with E-state index in [9.17, 15) is 0 Å². The first kappa shape index (κ1) is 9.47. The van der Waals surface area contributed by atoms with Gasteiger partial charge < -0.3 is 0 Å². The summed E-state index contributed by atoms with van der Waals surface area (Å²) < 4.78 is 0. The monoisotopic (exact) mass is 218 g/mol. The summed E-state index contributed by atoms with van der Waals surface area (Å²) in [7, 11) is 0. The van der Waals surface area contributed by atoms with Crippen LogP contribution in [0.3, 0.4) is 0 Å². The third-order valence-electron chi connectivity index (χ3n) is 3.85. The first-order valence-electron chi connectivity index (χ1n) is 5.70. The Hall–Kier alpha value is -0.750. The molecule has 0 spiro atoms. The first-order chi connectivity index (χ1) is 7.26. The molecule has 0 aromatic heterocycles. The Morgan fingerprint density at radius 2 is 2.33 bits per heavy atom. The number of halogens is 1. The summed E-state index contributed by atoms with van der Waals surface area (Å²) >= 11 is 6.01. The number of benzene rings is 1. The Bertz CT molecular complexity index is 408. The Morgan fingerprint density at radius 1 is 1.40 bits per heavy atom. The second-order valence-corrected chi connectivity index (χ2v) is 5.47. The molecule has 1 aromatic carbocycles. The van der Waals surface area contributed by atoms with Crippen molar-refractivity contribution >= 4 is 11.6 Å². The zero-order valence-corrected chi connectivity index (χ0v) is 9.50. The van der Waals surface area contributed by atoms with Crippen LogP contribution in [-0.2, 0) is 6.42 Å². The molecule has 15 heavy (non-hydrogen) atoms. The summed E-state index contributed by atoms with van der Waals surface area (Å²) in [6.45, 7) is 0. The van der Waals surface area contributed by atoms with Crippen LogP contribution in [0, 0.1) is 11.3 Å². The maximum atomic E-state index is 6.01. The number of hydrogen-bond donors (Lipinski definition) is 0. The highest BCUT2D eigenvalue weighted by atomic mass is 35.5. The molecule has 0 saturated heterocycles. The van der Waals surface area contributed by atoms with Crippen LogP contribution in [0.2, 0.25) is 5.02 Å². The fraction of sp³-hybridized carbons (Fsp3) is 0.429. The molecule has 1 fully saturated rings. The Balaban J connectivity index is 1.83. The van der Waals surface area contributed by atoms with Gasteiger partial charge in [-0.25, -0.2) is 0 Å². The molecule has 3 rings (SSSR count). The fourth-order valence-electron chi connectivity index (χ4n) is 3.13. The lowest BCUT2D eigenvalue weighted by Crippen LogP contribution is -2.14. The maximum absolute atomic E-state index is 6.01. The van der Waals surface area contributed by atoms with Crippen molar-refractivity contribution in [2.24, 2.45) is 11.3 Å². The van der Waals surface area contributed by atoms with Crippen molar-refractivity contribution in [2.45, 2.75) is 25.7 Å². The van der Waals surface area contributed by atoms with E-state index in [1.54, 1.807) is 0 Å². The number of hydrogen-bond acceptors (Lipinski definition) is 0. The van der Waals surface area contributed by atoms with Gasteiger partial charge in [-0.1, -0.05) is 35.9 Å². The summed E-state index contributed by atoms with van der Waals surface area (Å²) in [4.78, 5) is 0. The standard InChI is InChI=1S/C14H15Cl/c15-13-3-1-2-12(8-13)10-14-6-4-11(9-14)5-7-14/h1-4,6,8,11H,5,7,9-10H2. The van der Waals surface area contributed by atoms with Gasteiger partial charge in [-0.05, 0) is 54.7 Å². The van der Waals surface area contributed by atoms with E-state index in [0.717, 1.165) is 10.9 Å². The van der Waals surface area contributed by atoms with E-state index in [1.807, 2.05) is 6.07 Å². The van der Waals surface area contributed by atoms with Gasteiger partial charge in [0.1, 0.15) is 0 Å². The van der Waals surface area contributed by atoms with E-state index in [0.29, 0.717) is 5.41 Å². The van der Waals surface area contributed by atoms with Gasteiger partial charge in [0, 0.05) is 5.02 Å². The van der Waals surface area contributed by atoms with Crippen molar-refractivity contribution < 1.29 is 0 Å². The lowest BCUT2D eigenvalue weighted by Gasteiger charge is -2.23. The van der Waals surface area contributed by atoms with Crippen molar-refractivity contribution in [1.82, 2.24) is 0 Å². The van der Waals surface area contributed by atoms with Crippen LogP contribution in [0.25, 0.3) is 0 Å². The first-order valence-corrected chi connectivity index (χ1v) is 6.07. The van der Waals surface area contributed by atoms with E-state index in [4.69, 9.17) is 11.6 Å². The molecule has 0 heterocycles.